The van der Waals surface area contributed by atoms with Crippen LogP contribution in [0.5, 0.6) is 5.75 Å². The maximum atomic E-state index is 12.9. The standard InChI is InChI=1S/C18H11BBrClN2O4/c19-11-1-3-15(14(21)5-11)23-8-10(7-22-23)18(26)13-6-12(20)2-4-16(13)27-9-17(24)25/h1-8H,9H2,(H,24,25). The van der Waals surface area contributed by atoms with E-state index in [1.807, 2.05) is 0 Å². The summed E-state index contributed by atoms with van der Waals surface area (Å²) in [7, 11) is 5.69. The lowest BCUT2D eigenvalue weighted by atomic mass is 9.96. The molecule has 3 rings (SSSR count). The first kappa shape index (κ1) is 19.2. The van der Waals surface area contributed by atoms with Crippen molar-refractivity contribution < 1.29 is 19.4 Å². The summed E-state index contributed by atoms with van der Waals surface area (Å²) in [5.41, 5.74) is 1.60. The topological polar surface area (TPSA) is 81.4 Å². The molecule has 0 spiro atoms. The number of carbonyl (C=O) groups excluding carboxylic acids is 1. The molecule has 0 saturated carbocycles. The number of carbonyl (C=O) groups is 2. The predicted molar refractivity (Wildman–Crippen MR) is 105 cm³/mol. The van der Waals surface area contributed by atoms with Crippen LogP contribution < -0.4 is 10.2 Å². The average molecular weight is 445 g/mol. The fourth-order valence-corrected chi connectivity index (χ4v) is 3.02. The molecule has 0 amide bonds. The number of rotatable bonds is 6. The number of aliphatic carboxylic acids is 1. The zero-order valence-corrected chi connectivity index (χ0v) is 16.1. The Bertz CT molecular complexity index is 1040. The Balaban J connectivity index is 1.94. The SMILES string of the molecule is [B]c1ccc(-n2cc(C(=O)c3cc(Br)ccc3OCC(=O)O)cn2)c(Cl)c1. The summed E-state index contributed by atoms with van der Waals surface area (Å²) < 4.78 is 7.33. The van der Waals surface area contributed by atoms with E-state index in [1.54, 1.807) is 30.3 Å². The Hall–Kier alpha value is -2.58. The molecule has 9 heteroatoms. The summed E-state index contributed by atoms with van der Waals surface area (Å²) in [6.07, 6.45) is 2.93. The molecule has 0 saturated heterocycles. The number of benzene rings is 2. The van der Waals surface area contributed by atoms with E-state index in [1.165, 1.54) is 23.1 Å². The summed E-state index contributed by atoms with van der Waals surface area (Å²) in [5.74, 6) is -1.33. The molecule has 0 aliphatic carbocycles. The zero-order chi connectivity index (χ0) is 19.6. The van der Waals surface area contributed by atoms with Gasteiger partial charge in [0.1, 0.15) is 13.6 Å². The number of ketones is 1. The normalized spacial score (nSPS) is 10.6. The monoisotopic (exact) mass is 444 g/mol. The van der Waals surface area contributed by atoms with Gasteiger partial charge >= 0.3 is 5.97 Å². The maximum absolute atomic E-state index is 12.9. The second kappa shape index (κ2) is 7.98. The van der Waals surface area contributed by atoms with Crippen molar-refractivity contribution in [2.45, 2.75) is 0 Å². The molecule has 0 aliphatic heterocycles. The van der Waals surface area contributed by atoms with E-state index in [0.717, 1.165) is 0 Å². The van der Waals surface area contributed by atoms with Crippen LogP contribution in [0.25, 0.3) is 5.69 Å². The van der Waals surface area contributed by atoms with E-state index in [-0.39, 0.29) is 17.1 Å². The van der Waals surface area contributed by atoms with Crippen LogP contribution in [0.15, 0.2) is 53.3 Å². The highest BCUT2D eigenvalue weighted by molar-refractivity contribution is 9.10. The van der Waals surface area contributed by atoms with Crippen LogP contribution in [0.2, 0.25) is 5.02 Å². The largest absolute Gasteiger partial charge is 0.481 e. The molecular weight excluding hydrogens is 434 g/mol. The molecule has 134 valence electrons. The van der Waals surface area contributed by atoms with Crippen molar-refractivity contribution in [1.29, 1.82) is 0 Å². The Labute approximate surface area is 169 Å². The van der Waals surface area contributed by atoms with Gasteiger partial charge in [-0.3, -0.25) is 4.79 Å². The minimum Gasteiger partial charge on any atom is -0.481 e. The summed E-state index contributed by atoms with van der Waals surface area (Å²) in [5, 5.41) is 13.4. The minimum atomic E-state index is -1.14. The van der Waals surface area contributed by atoms with Gasteiger partial charge in [-0.1, -0.05) is 39.1 Å². The second-order valence-electron chi connectivity index (χ2n) is 5.54. The number of halogens is 2. The summed E-state index contributed by atoms with van der Waals surface area (Å²) in [6.45, 7) is -0.553. The molecule has 0 atom stereocenters. The van der Waals surface area contributed by atoms with Crippen molar-refractivity contribution in [2.24, 2.45) is 0 Å². The molecule has 2 aromatic carbocycles. The van der Waals surface area contributed by atoms with E-state index < -0.39 is 12.6 Å². The molecule has 0 aliphatic rings. The van der Waals surface area contributed by atoms with Crippen molar-refractivity contribution in [3.8, 4) is 11.4 Å². The van der Waals surface area contributed by atoms with Crippen molar-refractivity contribution in [3.63, 3.8) is 0 Å². The molecule has 1 aromatic heterocycles. The van der Waals surface area contributed by atoms with E-state index >= 15 is 0 Å². The highest BCUT2D eigenvalue weighted by Crippen LogP contribution is 2.26. The number of aromatic nitrogens is 2. The van der Waals surface area contributed by atoms with Gasteiger partial charge in [-0.15, -0.1) is 0 Å². The highest BCUT2D eigenvalue weighted by atomic mass is 79.9. The number of nitrogens with zero attached hydrogens (tertiary/aromatic N) is 2. The van der Waals surface area contributed by atoms with Crippen molar-refractivity contribution >= 4 is 52.6 Å². The van der Waals surface area contributed by atoms with Gasteiger partial charge in [0.2, 0.25) is 0 Å². The van der Waals surface area contributed by atoms with E-state index in [2.05, 4.69) is 21.0 Å². The lowest BCUT2D eigenvalue weighted by Gasteiger charge is -2.09. The molecule has 3 aromatic rings. The zero-order valence-electron chi connectivity index (χ0n) is 13.7. The molecule has 1 N–H and O–H groups in total. The summed E-state index contributed by atoms with van der Waals surface area (Å²) in [6, 6.07) is 9.71. The average Bonchev–Trinajstić information content (AvgIpc) is 3.09. The number of carboxylic acid groups (broad SMARTS) is 1. The number of hydrogen-bond acceptors (Lipinski definition) is 4. The molecular formula is C18H11BBrClN2O4. The third-order valence-corrected chi connectivity index (χ3v) is 4.40. The number of hydrogen-bond donors (Lipinski definition) is 1. The Morgan fingerprint density at radius 3 is 2.74 bits per heavy atom. The molecule has 27 heavy (non-hydrogen) atoms. The van der Waals surface area contributed by atoms with Crippen LogP contribution in [0, 0.1) is 0 Å². The second-order valence-corrected chi connectivity index (χ2v) is 6.86. The van der Waals surface area contributed by atoms with Crippen molar-refractivity contribution in [3.05, 3.63) is 69.4 Å². The third-order valence-electron chi connectivity index (χ3n) is 3.60. The lowest BCUT2D eigenvalue weighted by molar-refractivity contribution is -0.139. The molecule has 0 fully saturated rings. The van der Waals surface area contributed by atoms with Gasteiger partial charge in [0, 0.05) is 10.7 Å². The quantitative estimate of drug-likeness (QED) is 0.466. The van der Waals surface area contributed by atoms with Crippen LogP contribution in [0.3, 0.4) is 0 Å². The van der Waals surface area contributed by atoms with Crippen molar-refractivity contribution in [1.82, 2.24) is 9.78 Å². The third kappa shape index (κ3) is 4.40. The number of ether oxygens (including phenoxy) is 1. The molecule has 6 nitrogen and oxygen atoms in total. The van der Waals surface area contributed by atoms with Crippen LogP contribution in [0.1, 0.15) is 15.9 Å². The van der Waals surface area contributed by atoms with Crippen LogP contribution in [-0.4, -0.2) is 41.1 Å². The number of carboxylic acids is 1. The first-order chi connectivity index (χ1) is 12.8. The van der Waals surface area contributed by atoms with Crippen LogP contribution in [-0.2, 0) is 4.79 Å². The van der Waals surface area contributed by atoms with E-state index in [0.29, 0.717) is 26.2 Å². The molecule has 0 unspecified atom stereocenters. The van der Waals surface area contributed by atoms with Crippen LogP contribution >= 0.6 is 27.5 Å². The fourth-order valence-electron chi connectivity index (χ4n) is 2.38. The first-order valence-corrected chi connectivity index (χ1v) is 8.81. The minimum absolute atomic E-state index is 0.170. The van der Waals surface area contributed by atoms with Gasteiger partial charge < -0.3 is 9.84 Å². The van der Waals surface area contributed by atoms with Gasteiger partial charge in [-0.05, 0) is 30.3 Å². The van der Waals surface area contributed by atoms with Gasteiger partial charge in [-0.25, -0.2) is 9.48 Å². The van der Waals surface area contributed by atoms with Crippen molar-refractivity contribution in [2.75, 3.05) is 6.61 Å². The fraction of sp³-hybridized carbons (Fsp3) is 0.0556. The highest BCUT2D eigenvalue weighted by Gasteiger charge is 2.18. The van der Waals surface area contributed by atoms with Gasteiger partial charge in [-0.2, -0.15) is 5.10 Å². The Morgan fingerprint density at radius 2 is 2.04 bits per heavy atom. The first-order valence-electron chi connectivity index (χ1n) is 7.64. The summed E-state index contributed by atoms with van der Waals surface area (Å²) >= 11 is 9.48. The van der Waals surface area contributed by atoms with Gasteiger partial charge in [0.25, 0.3) is 0 Å². The van der Waals surface area contributed by atoms with Gasteiger partial charge in [0.15, 0.2) is 12.4 Å². The van der Waals surface area contributed by atoms with Crippen LogP contribution in [0.4, 0.5) is 0 Å². The molecule has 0 bridgehead atoms. The summed E-state index contributed by atoms with van der Waals surface area (Å²) in [4.78, 5) is 23.6. The Kier molecular flexibility index (Phi) is 5.67. The van der Waals surface area contributed by atoms with Gasteiger partial charge in [0.05, 0.1) is 28.0 Å². The maximum Gasteiger partial charge on any atom is 0.341 e. The molecule has 2 radical (unpaired) electrons. The van der Waals surface area contributed by atoms with E-state index in [9.17, 15) is 9.59 Å². The lowest BCUT2D eigenvalue weighted by Crippen LogP contribution is -2.12. The smallest absolute Gasteiger partial charge is 0.341 e. The Morgan fingerprint density at radius 1 is 1.26 bits per heavy atom. The predicted octanol–water partition coefficient (Wildman–Crippen LogP) is 2.78. The molecule has 1 heterocycles. The van der Waals surface area contributed by atoms with E-state index in [4.69, 9.17) is 29.3 Å².